The van der Waals surface area contributed by atoms with Crippen LogP contribution in [0.1, 0.15) is 38.7 Å². The summed E-state index contributed by atoms with van der Waals surface area (Å²) in [7, 11) is 0. The number of aromatic nitrogens is 3. The minimum Gasteiger partial charge on any atom is -0.383 e. The maximum Gasteiger partial charge on any atom is 0.313 e. The van der Waals surface area contributed by atoms with Gasteiger partial charge in [-0.15, -0.1) is 0 Å². The summed E-state index contributed by atoms with van der Waals surface area (Å²) in [6, 6.07) is 3.44. The Labute approximate surface area is 180 Å². The quantitative estimate of drug-likeness (QED) is 0.548. The topological polar surface area (TPSA) is 132 Å². The van der Waals surface area contributed by atoms with E-state index in [1.807, 2.05) is 37.2 Å². The zero-order chi connectivity index (χ0) is 22.0. The molecule has 0 radical (unpaired) electrons. The van der Waals surface area contributed by atoms with E-state index in [0.29, 0.717) is 24.5 Å². The predicted molar refractivity (Wildman–Crippen MR) is 118 cm³/mol. The molecule has 2 atom stereocenters. The van der Waals surface area contributed by atoms with Gasteiger partial charge in [-0.2, -0.15) is 5.10 Å². The van der Waals surface area contributed by atoms with Gasteiger partial charge in [0.1, 0.15) is 5.82 Å². The van der Waals surface area contributed by atoms with Crippen LogP contribution < -0.4 is 21.5 Å². The van der Waals surface area contributed by atoms with Crippen LogP contribution in [-0.4, -0.2) is 50.0 Å². The van der Waals surface area contributed by atoms with Gasteiger partial charge in [-0.05, 0) is 50.3 Å². The van der Waals surface area contributed by atoms with Crippen LogP contribution in [-0.2, 0) is 16.0 Å². The highest BCUT2D eigenvalue weighted by Crippen LogP contribution is 2.31. The minimum absolute atomic E-state index is 0.171. The number of hydrogen-bond donors (Lipinski definition) is 4. The van der Waals surface area contributed by atoms with Crippen molar-refractivity contribution >= 4 is 29.1 Å². The largest absolute Gasteiger partial charge is 0.383 e. The summed E-state index contributed by atoms with van der Waals surface area (Å²) in [4.78, 5) is 31.7. The van der Waals surface area contributed by atoms with Crippen molar-refractivity contribution in [3.05, 3.63) is 42.4 Å². The first-order chi connectivity index (χ1) is 14.9. The summed E-state index contributed by atoms with van der Waals surface area (Å²) in [5.41, 5.74) is 10.0. The zero-order valence-corrected chi connectivity index (χ0v) is 17.8. The number of aryl methyl sites for hydroxylation is 1. The van der Waals surface area contributed by atoms with Crippen LogP contribution in [0.4, 0.5) is 17.3 Å². The number of amides is 2. The molecular weight excluding hydrogens is 396 g/mol. The summed E-state index contributed by atoms with van der Waals surface area (Å²) in [6.45, 7) is 4.52. The van der Waals surface area contributed by atoms with Crippen molar-refractivity contribution in [2.75, 3.05) is 22.6 Å². The van der Waals surface area contributed by atoms with Crippen molar-refractivity contribution in [3.8, 4) is 0 Å². The lowest BCUT2D eigenvalue weighted by molar-refractivity contribution is -0.146. The Morgan fingerprint density at radius 2 is 2.23 bits per heavy atom. The third kappa shape index (κ3) is 4.11. The third-order valence-corrected chi connectivity index (χ3v) is 5.95. The standard InChI is InChI=1S/C21H28N8O2/c1-3-14-12-15(13-23-18(14)22)25-19(30)20(31)28-10-5-4-6-16(28)21(2)8-11-29(27-21)17-7-9-24-26-17/h7-9,11-13,16,27H,3-6,10H2,1-2H3,(H2,22,23)(H,24,26)(H,25,30)/t16-,21?/m0/s1. The van der Waals surface area contributed by atoms with Gasteiger partial charge in [-0.3, -0.25) is 19.7 Å². The van der Waals surface area contributed by atoms with Gasteiger partial charge in [0.25, 0.3) is 0 Å². The number of rotatable bonds is 4. The van der Waals surface area contributed by atoms with Gasteiger partial charge < -0.3 is 16.0 Å². The molecule has 0 spiro atoms. The first-order valence-electron chi connectivity index (χ1n) is 10.5. The predicted octanol–water partition coefficient (Wildman–Crippen LogP) is 1.57. The third-order valence-electron chi connectivity index (χ3n) is 5.95. The molecular formula is C21H28N8O2. The van der Waals surface area contributed by atoms with Gasteiger partial charge in [0.2, 0.25) is 0 Å². The maximum atomic E-state index is 13.1. The highest BCUT2D eigenvalue weighted by molar-refractivity contribution is 6.39. The van der Waals surface area contributed by atoms with Crippen LogP contribution in [0.5, 0.6) is 0 Å². The van der Waals surface area contributed by atoms with E-state index in [4.69, 9.17) is 5.73 Å². The molecule has 31 heavy (non-hydrogen) atoms. The van der Waals surface area contributed by atoms with Crippen LogP contribution in [0.25, 0.3) is 0 Å². The van der Waals surface area contributed by atoms with Crippen LogP contribution in [0.2, 0.25) is 0 Å². The number of likely N-dealkylation sites (tertiary alicyclic amines) is 1. The Morgan fingerprint density at radius 3 is 2.97 bits per heavy atom. The number of nitrogens with one attached hydrogen (secondary N) is 3. The normalized spacial score (nSPS) is 23.2. The summed E-state index contributed by atoms with van der Waals surface area (Å²) >= 11 is 0. The van der Waals surface area contributed by atoms with Crippen molar-refractivity contribution in [1.82, 2.24) is 25.5 Å². The first-order valence-corrected chi connectivity index (χ1v) is 10.5. The number of hydrazine groups is 1. The van der Waals surface area contributed by atoms with E-state index in [9.17, 15) is 9.59 Å². The van der Waals surface area contributed by atoms with E-state index >= 15 is 0 Å². The van der Waals surface area contributed by atoms with Gasteiger partial charge in [0.15, 0.2) is 5.82 Å². The molecule has 2 aliphatic rings. The van der Waals surface area contributed by atoms with E-state index in [0.717, 1.165) is 30.6 Å². The molecule has 2 aliphatic heterocycles. The highest BCUT2D eigenvalue weighted by atomic mass is 16.2. The van der Waals surface area contributed by atoms with Crippen LogP contribution in [0.15, 0.2) is 36.8 Å². The maximum absolute atomic E-state index is 13.1. The van der Waals surface area contributed by atoms with Crippen molar-refractivity contribution in [2.24, 2.45) is 0 Å². The molecule has 2 amide bonds. The van der Waals surface area contributed by atoms with Crippen molar-refractivity contribution in [3.63, 3.8) is 0 Å². The molecule has 4 rings (SSSR count). The molecule has 10 heteroatoms. The molecule has 1 unspecified atom stereocenters. The van der Waals surface area contributed by atoms with E-state index in [1.54, 1.807) is 17.2 Å². The molecule has 4 heterocycles. The summed E-state index contributed by atoms with van der Waals surface area (Å²) in [6.07, 6.45) is 10.5. The van der Waals surface area contributed by atoms with E-state index < -0.39 is 17.4 Å². The monoisotopic (exact) mass is 424 g/mol. The Hall–Kier alpha value is -3.40. The number of carbonyl (C=O) groups excluding carboxylic acids is 2. The Kier molecular flexibility index (Phi) is 5.64. The zero-order valence-electron chi connectivity index (χ0n) is 17.8. The second-order valence-electron chi connectivity index (χ2n) is 8.10. The highest BCUT2D eigenvalue weighted by Gasteiger charge is 2.44. The molecule has 10 nitrogen and oxygen atoms in total. The lowest BCUT2D eigenvalue weighted by Crippen LogP contribution is -2.62. The molecule has 0 bridgehead atoms. The van der Waals surface area contributed by atoms with Crippen LogP contribution >= 0.6 is 0 Å². The number of anilines is 3. The average molecular weight is 425 g/mol. The number of nitrogen functional groups attached to an aromatic ring is 1. The molecule has 5 N–H and O–H groups in total. The van der Waals surface area contributed by atoms with Crippen molar-refractivity contribution < 1.29 is 9.59 Å². The number of hydrogen-bond acceptors (Lipinski definition) is 7. The molecule has 0 saturated carbocycles. The van der Waals surface area contributed by atoms with Gasteiger partial charge in [0.05, 0.1) is 23.5 Å². The number of nitrogens with two attached hydrogens (primary N) is 1. The van der Waals surface area contributed by atoms with Crippen LogP contribution in [0.3, 0.4) is 0 Å². The Bertz CT molecular complexity index is 989. The molecule has 2 aromatic rings. The number of aromatic amines is 1. The minimum atomic E-state index is -0.671. The fourth-order valence-corrected chi connectivity index (χ4v) is 4.25. The Morgan fingerprint density at radius 1 is 1.39 bits per heavy atom. The average Bonchev–Trinajstić information content (AvgIpc) is 3.45. The van der Waals surface area contributed by atoms with Gasteiger partial charge in [0, 0.05) is 25.0 Å². The Balaban J connectivity index is 1.48. The number of piperidine rings is 1. The summed E-state index contributed by atoms with van der Waals surface area (Å²) < 4.78 is 0. The lowest BCUT2D eigenvalue weighted by atomic mass is 9.85. The fraction of sp³-hybridized carbons (Fsp3) is 0.429. The molecule has 1 saturated heterocycles. The number of carbonyl (C=O) groups is 2. The van der Waals surface area contributed by atoms with Crippen LogP contribution in [0, 0.1) is 0 Å². The molecule has 0 aromatic carbocycles. The van der Waals surface area contributed by atoms with E-state index in [2.05, 4.69) is 25.9 Å². The summed E-state index contributed by atoms with van der Waals surface area (Å²) in [5.74, 6) is -0.0603. The van der Waals surface area contributed by atoms with Crippen molar-refractivity contribution in [2.45, 2.75) is 51.1 Å². The van der Waals surface area contributed by atoms with E-state index in [1.165, 1.54) is 6.20 Å². The summed E-state index contributed by atoms with van der Waals surface area (Å²) in [5, 5.41) is 11.5. The van der Waals surface area contributed by atoms with Gasteiger partial charge in [-0.1, -0.05) is 6.92 Å². The number of H-pyrrole nitrogens is 1. The second kappa shape index (κ2) is 8.38. The molecule has 2 aromatic heterocycles. The first kappa shape index (κ1) is 20.9. The number of pyridine rings is 1. The number of nitrogens with zero attached hydrogens (tertiary/aromatic N) is 4. The van der Waals surface area contributed by atoms with E-state index in [-0.39, 0.29) is 6.04 Å². The molecule has 164 valence electrons. The smallest absolute Gasteiger partial charge is 0.313 e. The van der Waals surface area contributed by atoms with Gasteiger partial charge >= 0.3 is 11.8 Å². The second-order valence-corrected chi connectivity index (χ2v) is 8.10. The fourth-order valence-electron chi connectivity index (χ4n) is 4.25. The van der Waals surface area contributed by atoms with Gasteiger partial charge in [-0.25, -0.2) is 10.4 Å². The van der Waals surface area contributed by atoms with Crippen molar-refractivity contribution in [1.29, 1.82) is 0 Å². The molecule has 1 fully saturated rings. The lowest BCUT2D eigenvalue weighted by Gasteiger charge is -2.44. The molecule has 0 aliphatic carbocycles. The SMILES string of the molecule is CCc1cc(NC(=O)C(=O)N2CCCC[C@H]2C2(C)C=CN(c3cc[nH]n3)N2)cnc1N.